The number of carbonyl (C=O) groups is 1. The molecule has 0 atom stereocenters. The average Bonchev–Trinajstić information content (AvgIpc) is 2.75. The number of hydrogen-bond acceptors (Lipinski definition) is 4. The standard InChI is InChI=1S/C9H8ClN5O/c10-5-1-2-7(6(11)3-5)13-9(16)8-4-12-15-14-8/h1-4H,11H2,(H,13,16)(H,12,14,15). The molecule has 2 aromatic rings. The molecule has 0 unspecified atom stereocenters. The SMILES string of the molecule is Nc1cc(Cl)ccc1NC(=O)c1cn[nH]n1. The van der Waals surface area contributed by atoms with Crippen molar-refractivity contribution in [2.45, 2.75) is 0 Å². The maximum absolute atomic E-state index is 11.6. The lowest BCUT2D eigenvalue weighted by molar-refractivity contribution is 0.102. The maximum atomic E-state index is 11.6. The predicted molar refractivity (Wildman–Crippen MR) is 60.2 cm³/mol. The minimum Gasteiger partial charge on any atom is -0.397 e. The van der Waals surface area contributed by atoms with Gasteiger partial charge in [-0.3, -0.25) is 4.79 Å². The lowest BCUT2D eigenvalue weighted by atomic mass is 10.2. The number of benzene rings is 1. The molecule has 0 aliphatic carbocycles. The van der Waals surface area contributed by atoms with Crippen LogP contribution in [-0.2, 0) is 0 Å². The minimum absolute atomic E-state index is 0.189. The smallest absolute Gasteiger partial charge is 0.277 e. The van der Waals surface area contributed by atoms with Gasteiger partial charge < -0.3 is 11.1 Å². The molecule has 0 spiro atoms. The van der Waals surface area contributed by atoms with Gasteiger partial charge in [-0.25, -0.2) is 0 Å². The molecule has 0 fully saturated rings. The molecule has 2 rings (SSSR count). The average molecular weight is 238 g/mol. The van der Waals surface area contributed by atoms with Crippen molar-refractivity contribution in [2.24, 2.45) is 0 Å². The summed E-state index contributed by atoms with van der Waals surface area (Å²) in [5, 5.41) is 12.6. The molecule has 6 nitrogen and oxygen atoms in total. The lowest BCUT2D eigenvalue weighted by Crippen LogP contribution is -2.13. The zero-order valence-electron chi connectivity index (χ0n) is 8.07. The summed E-state index contributed by atoms with van der Waals surface area (Å²) in [6.07, 6.45) is 1.32. The second kappa shape index (κ2) is 4.19. The van der Waals surface area contributed by atoms with E-state index < -0.39 is 0 Å². The first kappa shape index (κ1) is 10.4. The lowest BCUT2D eigenvalue weighted by Gasteiger charge is -2.06. The van der Waals surface area contributed by atoms with Crippen molar-refractivity contribution in [1.82, 2.24) is 15.4 Å². The Balaban J connectivity index is 2.18. The van der Waals surface area contributed by atoms with Crippen molar-refractivity contribution in [3.63, 3.8) is 0 Å². The van der Waals surface area contributed by atoms with Crippen LogP contribution in [0.1, 0.15) is 10.5 Å². The summed E-state index contributed by atoms with van der Waals surface area (Å²) in [5.74, 6) is -0.386. The van der Waals surface area contributed by atoms with E-state index in [0.29, 0.717) is 16.4 Å². The number of nitrogens with zero attached hydrogens (tertiary/aromatic N) is 2. The van der Waals surface area contributed by atoms with Crippen molar-refractivity contribution < 1.29 is 4.79 Å². The first-order chi connectivity index (χ1) is 7.66. The maximum Gasteiger partial charge on any atom is 0.277 e. The van der Waals surface area contributed by atoms with Crippen LogP contribution >= 0.6 is 11.6 Å². The van der Waals surface area contributed by atoms with Crippen LogP contribution in [0.3, 0.4) is 0 Å². The number of anilines is 2. The summed E-state index contributed by atoms with van der Waals surface area (Å²) < 4.78 is 0. The third kappa shape index (κ3) is 2.12. The molecule has 0 aliphatic heterocycles. The molecule has 0 aliphatic rings. The molecule has 0 radical (unpaired) electrons. The molecule has 4 N–H and O–H groups in total. The number of amides is 1. The van der Waals surface area contributed by atoms with E-state index in [-0.39, 0.29) is 11.6 Å². The number of halogens is 1. The molecule has 16 heavy (non-hydrogen) atoms. The molecule has 0 saturated heterocycles. The monoisotopic (exact) mass is 237 g/mol. The summed E-state index contributed by atoms with van der Waals surface area (Å²) >= 11 is 5.73. The number of rotatable bonds is 2. The Bertz CT molecular complexity index is 511. The minimum atomic E-state index is -0.386. The molecular weight excluding hydrogens is 230 g/mol. The van der Waals surface area contributed by atoms with Gasteiger partial charge in [0.1, 0.15) is 0 Å². The van der Waals surface area contributed by atoms with Crippen LogP contribution in [0.15, 0.2) is 24.4 Å². The zero-order valence-corrected chi connectivity index (χ0v) is 8.82. The Morgan fingerprint density at radius 2 is 2.31 bits per heavy atom. The number of aromatic nitrogens is 3. The Hall–Kier alpha value is -2.08. The Kier molecular flexibility index (Phi) is 2.74. The fourth-order valence-corrected chi connectivity index (χ4v) is 1.33. The first-order valence-electron chi connectivity index (χ1n) is 4.39. The second-order valence-electron chi connectivity index (χ2n) is 3.04. The van der Waals surface area contributed by atoms with Crippen LogP contribution in [0.4, 0.5) is 11.4 Å². The van der Waals surface area contributed by atoms with Crippen molar-refractivity contribution in [2.75, 3.05) is 11.1 Å². The highest BCUT2D eigenvalue weighted by atomic mass is 35.5. The first-order valence-corrected chi connectivity index (χ1v) is 4.77. The highest BCUT2D eigenvalue weighted by molar-refractivity contribution is 6.31. The Labute approximate surface area is 95.8 Å². The highest BCUT2D eigenvalue weighted by Gasteiger charge is 2.10. The van der Waals surface area contributed by atoms with Gasteiger partial charge in [-0.05, 0) is 18.2 Å². The third-order valence-electron chi connectivity index (χ3n) is 1.91. The van der Waals surface area contributed by atoms with Crippen molar-refractivity contribution in [3.8, 4) is 0 Å². The van der Waals surface area contributed by atoms with Gasteiger partial charge in [0.15, 0.2) is 5.69 Å². The summed E-state index contributed by atoms with van der Waals surface area (Å²) in [7, 11) is 0. The van der Waals surface area contributed by atoms with Crippen LogP contribution in [0, 0.1) is 0 Å². The zero-order chi connectivity index (χ0) is 11.5. The van der Waals surface area contributed by atoms with Crippen LogP contribution in [0.5, 0.6) is 0 Å². The van der Waals surface area contributed by atoms with E-state index in [4.69, 9.17) is 17.3 Å². The number of nitrogens with one attached hydrogen (secondary N) is 2. The highest BCUT2D eigenvalue weighted by Crippen LogP contribution is 2.22. The summed E-state index contributed by atoms with van der Waals surface area (Å²) in [6.45, 7) is 0. The van der Waals surface area contributed by atoms with Gasteiger partial charge in [-0.1, -0.05) is 11.6 Å². The number of nitrogen functional groups attached to an aromatic ring is 1. The van der Waals surface area contributed by atoms with Gasteiger partial charge >= 0.3 is 0 Å². The van der Waals surface area contributed by atoms with Crippen LogP contribution in [0.25, 0.3) is 0 Å². The summed E-state index contributed by atoms with van der Waals surface area (Å²) in [5.41, 5.74) is 6.75. The fraction of sp³-hybridized carbons (Fsp3) is 0. The quantitative estimate of drug-likeness (QED) is 0.686. The van der Waals surface area contributed by atoms with E-state index in [1.165, 1.54) is 6.20 Å². The normalized spacial score (nSPS) is 10.1. The van der Waals surface area contributed by atoms with Gasteiger partial charge in [-0.2, -0.15) is 15.4 Å². The van der Waals surface area contributed by atoms with Gasteiger partial charge in [0.05, 0.1) is 17.6 Å². The second-order valence-corrected chi connectivity index (χ2v) is 3.48. The largest absolute Gasteiger partial charge is 0.397 e. The predicted octanol–water partition coefficient (Wildman–Crippen LogP) is 1.29. The molecule has 1 amide bonds. The van der Waals surface area contributed by atoms with E-state index in [2.05, 4.69) is 20.7 Å². The number of aromatic amines is 1. The third-order valence-corrected chi connectivity index (χ3v) is 2.14. The van der Waals surface area contributed by atoms with Gasteiger partial charge in [0.25, 0.3) is 5.91 Å². The Morgan fingerprint density at radius 3 is 2.94 bits per heavy atom. The van der Waals surface area contributed by atoms with Crippen LogP contribution in [0.2, 0.25) is 5.02 Å². The van der Waals surface area contributed by atoms with Gasteiger partial charge in [-0.15, -0.1) is 0 Å². The number of hydrogen-bond donors (Lipinski definition) is 3. The molecule has 7 heteroatoms. The molecular formula is C9H8ClN5O. The van der Waals surface area contributed by atoms with E-state index in [0.717, 1.165) is 0 Å². The number of carbonyl (C=O) groups excluding carboxylic acids is 1. The molecule has 1 aromatic carbocycles. The van der Waals surface area contributed by atoms with Crippen LogP contribution < -0.4 is 11.1 Å². The van der Waals surface area contributed by atoms with E-state index in [1.807, 2.05) is 0 Å². The number of nitrogens with two attached hydrogens (primary N) is 1. The molecule has 82 valence electrons. The van der Waals surface area contributed by atoms with Crippen molar-refractivity contribution >= 4 is 28.9 Å². The van der Waals surface area contributed by atoms with Crippen LogP contribution in [-0.4, -0.2) is 21.3 Å². The van der Waals surface area contributed by atoms with Crippen molar-refractivity contribution in [3.05, 3.63) is 35.1 Å². The van der Waals surface area contributed by atoms with E-state index >= 15 is 0 Å². The molecule has 1 heterocycles. The Morgan fingerprint density at radius 1 is 1.50 bits per heavy atom. The molecule has 0 bridgehead atoms. The fourth-order valence-electron chi connectivity index (χ4n) is 1.14. The number of H-pyrrole nitrogens is 1. The van der Waals surface area contributed by atoms with Crippen molar-refractivity contribution in [1.29, 1.82) is 0 Å². The molecule has 0 saturated carbocycles. The topological polar surface area (TPSA) is 96.7 Å². The van der Waals surface area contributed by atoms with E-state index in [9.17, 15) is 4.79 Å². The van der Waals surface area contributed by atoms with E-state index in [1.54, 1.807) is 18.2 Å². The van der Waals surface area contributed by atoms with Gasteiger partial charge in [0, 0.05) is 5.02 Å². The summed E-state index contributed by atoms with van der Waals surface area (Å²) in [6, 6.07) is 4.81. The van der Waals surface area contributed by atoms with Gasteiger partial charge in [0.2, 0.25) is 0 Å². The summed E-state index contributed by atoms with van der Waals surface area (Å²) in [4.78, 5) is 11.6. The molecule has 1 aromatic heterocycles.